The van der Waals surface area contributed by atoms with Crippen LogP contribution in [0.1, 0.15) is 31.7 Å². The molecule has 2 rings (SSSR count). The molecule has 0 aromatic heterocycles. The van der Waals surface area contributed by atoms with Crippen molar-refractivity contribution in [3.05, 3.63) is 53.2 Å². The van der Waals surface area contributed by atoms with Gasteiger partial charge in [0, 0.05) is 12.0 Å². The van der Waals surface area contributed by atoms with Gasteiger partial charge in [0.2, 0.25) is 0 Å². The van der Waals surface area contributed by atoms with Gasteiger partial charge in [0.05, 0.1) is 0 Å². The van der Waals surface area contributed by atoms with Crippen LogP contribution in [0.4, 0.5) is 0 Å². The topological polar surface area (TPSA) is 37.0 Å². The minimum absolute atomic E-state index is 0.789. The lowest BCUT2D eigenvalue weighted by Crippen LogP contribution is -2.65. The largest absolute Gasteiger partial charge is 0.625 e. The first-order chi connectivity index (χ1) is 8.35. The third kappa shape index (κ3) is 2.64. The molecule has 0 unspecified atom stereocenters. The zero-order valence-electron chi connectivity index (χ0n) is 10.1. The maximum absolute atomic E-state index is 11.0. The van der Waals surface area contributed by atoms with Gasteiger partial charge in [-0.1, -0.05) is 43.7 Å². The zero-order chi connectivity index (χ0) is 12.1. The molecular weight excluding hydrogens is 210 g/mol. The monoisotopic (exact) mass is 227 g/mol. The van der Waals surface area contributed by atoms with E-state index in [1.54, 1.807) is 0 Å². The van der Waals surface area contributed by atoms with E-state index >= 15 is 0 Å². The van der Waals surface area contributed by atoms with E-state index in [-0.39, 0.29) is 0 Å². The highest BCUT2D eigenvalue weighted by Gasteiger charge is 2.08. The molecule has 0 bridgehead atoms. The Morgan fingerprint density at radius 1 is 1.12 bits per heavy atom. The molecule has 0 aliphatic rings. The molecule has 1 N–H and O–H groups in total. The summed E-state index contributed by atoms with van der Waals surface area (Å²) >= 11 is 0. The highest BCUT2D eigenvalue weighted by molar-refractivity contribution is 6.00. The van der Waals surface area contributed by atoms with E-state index in [0.717, 1.165) is 30.5 Å². The number of benzene rings is 2. The molecule has 0 saturated carbocycles. The van der Waals surface area contributed by atoms with Crippen molar-refractivity contribution in [3.8, 4) is 0 Å². The molecule has 0 heterocycles. The quantitative estimate of drug-likeness (QED) is 0.486. The average Bonchev–Trinajstić information content (AvgIpc) is 2.39. The SMILES string of the molecule is CCCCC(=[NH+][O-])c1ccc2ccccc2c1. The first kappa shape index (κ1) is 11.6. The Morgan fingerprint density at radius 2 is 1.88 bits per heavy atom. The maximum Gasteiger partial charge on any atom is 0.192 e. The van der Waals surface area contributed by atoms with Crippen LogP contribution in [0.25, 0.3) is 10.8 Å². The van der Waals surface area contributed by atoms with Crippen LogP contribution in [0.2, 0.25) is 0 Å². The molecular formula is C15H17NO. The van der Waals surface area contributed by atoms with Crippen molar-refractivity contribution < 1.29 is 5.16 Å². The number of unbranched alkanes of at least 4 members (excludes halogenated alkanes) is 1. The number of rotatable bonds is 4. The van der Waals surface area contributed by atoms with E-state index in [1.807, 2.05) is 18.2 Å². The Kier molecular flexibility index (Phi) is 3.76. The van der Waals surface area contributed by atoms with Gasteiger partial charge in [0.1, 0.15) is 0 Å². The number of fused-ring (bicyclic) bond motifs is 1. The van der Waals surface area contributed by atoms with Crippen LogP contribution in [-0.2, 0) is 0 Å². The molecule has 0 aliphatic heterocycles. The first-order valence-electron chi connectivity index (χ1n) is 6.08. The van der Waals surface area contributed by atoms with Crippen LogP contribution >= 0.6 is 0 Å². The van der Waals surface area contributed by atoms with Crippen molar-refractivity contribution in [2.75, 3.05) is 0 Å². The molecule has 0 spiro atoms. The molecule has 17 heavy (non-hydrogen) atoms. The van der Waals surface area contributed by atoms with Gasteiger partial charge in [-0.25, -0.2) is 5.16 Å². The van der Waals surface area contributed by atoms with Crippen molar-refractivity contribution in [3.63, 3.8) is 0 Å². The summed E-state index contributed by atoms with van der Waals surface area (Å²) in [5.74, 6) is 0. The lowest BCUT2D eigenvalue weighted by Gasteiger charge is -2.03. The minimum atomic E-state index is 0.789. The molecule has 0 fully saturated rings. The summed E-state index contributed by atoms with van der Waals surface area (Å²) in [7, 11) is 0. The third-order valence-electron chi connectivity index (χ3n) is 3.00. The van der Waals surface area contributed by atoms with Gasteiger partial charge in [-0.2, -0.15) is 0 Å². The summed E-state index contributed by atoms with van der Waals surface area (Å²) in [6, 6.07) is 14.3. The van der Waals surface area contributed by atoms with Crippen molar-refractivity contribution in [2.24, 2.45) is 0 Å². The van der Waals surface area contributed by atoms with Crippen molar-refractivity contribution in [2.45, 2.75) is 26.2 Å². The predicted molar refractivity (Wildman–Crippen MR) is 71.9 cm³/mol. The predicted octanol–water partition coefficient (Wildman–Crippen LogP) is 2.40. The zero-order valence-corrected chi connectivity index (χ0v) is 10.1. The maximum atomic E-state index is 11.0. The van der Waals surface area contributed by atoms with Crippen LogP contribution in [-0.4, -0.2) is 5.71 Å². The molecule has 88 valence electrons. The van der Waals surface area contributed by atoms with Gasteiger partial charge in [-0.05, 0) is 29.3 Å². The number of hydrogen-bond acceptors (Lipinski definition) is 1. The first-order valence-corrected chi connectivity index (χ1v) is 6.08. The van der Waals surface area contributed by atoms with E-state index in [4.69, 9.17) is 0 Å². The summed E-state index contributed by atoms with van der Waals surface area (Å²) < 4.78 is 0. The van der Waals surface area contributed by atoms with Gasteiger partial charge >= 0.3 is 0 Å². The van der Waals surface area contributed by atoms with Crippen molar-refractivity contribution in [1.82, 2.24) is 0 Å². The smallest absolute Gasteiger partial charge is 0.192 e. The van der Waals surface area contributed by atoms with Crippen LogP contribution in [0, 0.1) is 5.21 Å². The van der Waals surface area contributed by atoms with Crippen LogP contribution < -0.4 is 5.16 Å². The number of hydrogen-bond donors (Lipinski definition) is 1. The summed E-state index contributed by atoms with van der Waals surface area (Å²) in [6.45, 7) is 2.13. The normalized spacial score (nSPS) is 11.9. The van der Waals surface area contributed by atoms with E-state index in [1.165, 1.54) is 10.8 Å². The highest BCUT2D eigenvalue weighted by Crippen LogP contribution is 2.16. The van der Waals surface area contributed by atoms with Gasteiger partial charge in [-0.3, -0.25) is 0 Å². The molecule has 0 amide bonds. The standard InChI is InChI=1S/C15H17NO/c1-2-3-8-15(16-17)14-10-9-12-6-4-5-7-13(12)11-14/h4-7,9-11,16H,2-3,8H2,1H3. The summed E-state index contributed by atoms with van der Waals surface area (Å²) in [5.41, 5.74) is 1.80. The van der Waals surface area contributed by atoms with Crippen molar-refractivity contribution >= 4 is 16.5 Å². The Labute approximate surface area is 102 Å². The second-order valence-electron chi connectivity index (χ2n) is 4.25. The Balaban J connectivity index is 2.34. The fourth-order valence-corrected chi connectivity index (χ4v) is 1.98. The van der Waals surface area contributed by atoms with Crippen LogP contribution in [0.3, 0.4) is 0 Å². The summed E-state index contributed by atoms with van der Waals surface area (Å²) in [6.07, 6.45) is 2.95. The Morgan fingerprint density at radius 3 is 2.59 bits per heavy atom. The summed E-state index contributed by atoms with van der Waals surface area (Å²) in [5, 5.41) is 15.5. The molecule has 2 aromatic carbocycles. The van der Waals surface area contributed by atoms with E-state index in [2.05, 4.69) is 36.3 Å². The molecule has 0 radical (unpaired) electrons. The van der Waals surface area contributed by atoms with Crippen LogP contribution in [0.15, 0.2) is 42.5 Å². The second-order valence-corrected chi connectivity index (χ2v) is 4.25. The molecule has 0 aliphatic carbocycles. The summed E-state index contributed by atoms with van der Waals surface area (Å²) in [4.78, 5) is 0. The third-order valence-corrected chi connectivity index (χ3v) is 3.00. The minimum Gasteiger partial charge on any atom is -0.625 e. The van der Waals surface area contributed by atoms with E-state index < -0.39 is 0 Å². The molecule has 0 saturated heterocycles. The van der Waals surface area contributed by atoms with Crippen molar-refractivity contribution in [1.29, 1.82) is 0 Å². The second kappa shape index (κ2) is 5.48. The molecule has 2 nitrogen and oxygen atoms in total. The van der Waals surface area contributed by atoms with E-state index in [9.17, 15) is 5.21 Å². The average molecular weight is 227 g/mol. The molecule has 2 aromatic rings. The molecule has 2 heteroatoms. The lowest BCUT2D eigenvalue weighted by molar-refractivity contribution is -0.374. The number of nitrogens with one attached hydrogen (secondary N) is 1. The Hall–Kier alpha value is -1.83. The highest BCUT2D eigenvalue weighted by atomic mass is 16.4. The van der Waals surface area contributed by atoms with Gasteiger partial charge in [0.15, 0.2) is 5.71 Å². The lowest BCUT2D eigenvalue weighted by atomic mass is 10.0. The van der Waals surface area contributed by atoms with E-state index in [0.29, 0.717) is 0 Å². The van der Waals surface area contributed by atoms with Gasteiger partial charge < -0.3 is 5.21 Å². The molecule has 0 atom stereocenters. The fourth-order valence-electron chi connectivity index (χ4n) is 1.98. The van der Waals surface area contributed by atoms with Crippen LogP contribution in [0.5, 0.6) is 0 Å². The Bertz CT molecular complexity index is 531. The fraction of sp³-hybridized carbons (Fsp3) is 0.267. The van der Waals surface area contributed by atoms with Gasteiger partial charge in [-0.15, -0.1) is 0 Å². The van der Waals surface area contributed by atoms with Gasteiger partial charge in [0.25, 0.3) is 0 Å².